The van der Waals surface area contributed by atoms with Crippen LogP contribution in [-0.4, -0.2) is 24.0 Å². The lowest BCUT2D eigenvalue weighted by Crippen LogP contribution is -2.54. The quantitative estimate of drug-likeness (QED) is 0.622. The summed E-state index contributed by atoms with van der Waals surface area (Å²) in [5.74, 6) is 2.38. The number of hydrogen-bond donors (Lipinski definition) is 2. The molecule has 0 aromatic carbocycles. The van der Waals surface area contributed by atoms with Crippen molar-refractivity contribution in [3.05, 3.63) is 0 Å². The SMILES string of the molecule is C#CC(C)NC(=O)C(C)(C)NCC. The van der Waals surface area contributed by atoms with Gasteiger partial charge in [-0.15, -0.1) is 6.42 Å². The van der Waals surface area contributed by atoms with Crippen LogP contribution in [0.1, 0.15) is 27.7 Å². The zero-order valence-electron chi connectivity index (χ0n) is 8.77. The van der Waals surface area contributed by atoms with E-state index in [-0.39, 0.29) is 11.9 Å². The average molecular weight is 182 g/mol. The third-order valence-corrected chi connectivity index (χ3v) is 1.78. The van der Waals surface area contributed by atoms with Gasteiger partial charge in [-0.1, -0.05) is 12.8 Å². The molecule has 0 saturated heterocycles. The van der Waals surface area contributed by atoms with Gasteiger partial charge < -0.3 is 10.6 Å². The van der Waals surface area contributed by atoms with Crippen molar-refractivity contribution in [1.29, 1.82) is 0 Å². The first-order valence-electron chi connectivity index (χ1n) is 4.46. The highest BCUT2D eigenvalue weighted by atomic mass is 16.2. The Kier molecular flexibility index (Phi) is 4.50. The van der Waals surface area contributed by atoms with Gasteiger partial charge in [0.05, 0.1) is 11.6 Å². The molecule has 0 saturated carbocycles. The van der Waals surface area contributed by atoms with Crippen LogP contribution in [0.25, 0.3) is 0 Å². The molecular weight excluding hydrogens is 164 g/mol. The molecule has 0 aromatic heterocycles. The number of rotatable bonds is 4. The predicted molar refractivity (Wildman–Crippen MR) is 54.2 cm³/mol. The molecular formula is C10H18N2O. The third kappa shape index (κ3) is 3.95. The van der Waals surface area contributed by atoms with Crippen molar-refractivity contribution < 1.29 is 4.79 Å². The van der Waals surface area contributed by atoms with Crippen LogP contribution >= 0.6 is 0 Å². The Morgan fingerprint density at radius 1 is 1.62 bits per heavy atom. The molecule has 0 heterocycles. The van der Waals surface area contributed by atoms with E-state index in [1.165, 1.54) is 0 Å². The van der Waals surface area contributed by atoms with Crippen LogP contribution < -0.4 is 10.6 Å². The molecule has 0 aromatic rings. The predicted octanol–water partition coefficient (Wildman–Crippen LogP) is 0.512. The molecule has 1 atom stereocenters. The maximum Gasteiger partial charge on any atom is 0.240 e. The summed E-state index contributed by atoms with van der Waals surface area (Å²) in [7, 11) is 0. The number of likely N-dealkylation sites (N-methyl/N-ethyl adjacent to an activating group) is 1. The number of carbonyl (C=O) groups excluding carboxylic acids is 1. The lowest BCUT2D eigenvalue weighted by molar-refractivity contribution is -0.126. The highest BCUT2D eigenvalue weighted by Gasteiger charge is 2.26. The van der Waals surface area contributed by atoms with Gasteiger partial charge in [0.2, 0.25) is 5.91 Å². The number of nitrogens with one attached hydrogen (secondary N) is 2. The second-order valence-electron chi connectivity index (χ2n) is 3.52. The van der Waals surface area contributed by atoms with E-state index in [1.54, 1.807) is 6.92 Å². The minimum absolute atomic E-state index is 0.0696. The monoisotopic (exact) mass is 182 g/mol. The molecule has 0 bridgehead atoms. The molecule has 0 aliphatic rings. The first-order chi connectivity index (χ1) is 5.94. The fourth-order valence-electron chi connectivity index (χ4n) is 0.941. The second-order valence-corrected chi connectivity index (χ2v) is 3.52. The largest absolute Gasteiger partial charge is 0.341 e. The molecule has 0 spiro atoms. The number of hydrogen-bond acceptors (Lipinski definition) is 2. The minimum Gasteiger partial charge on any atom is -0.341 e. The maximum absolute atomic E-state index is 11.6. The highest BCUT2D eigenvalue weighted by molar-refractivity contribution is 5.85. The average Bonchev–Trinajstić information content (AvgIpc) is 2.04. The van der Waals surface area contributed by atoms with Crippen molar-refractivity contribution in [3.63, 3.8) is 0 Å². The van der Waals surface area contributed by atoms with Gasteiger partial charge in [0.15, 0.2) is 0 Å². The molecule has 74 valence electrons. The molecule has 0 aliphatic carbocycles. The summed E-state index contributed by atoms with van der Waals surface area (Å²) in [4.78, 5) is 11.6. The Hall–Kier alpha value is -1.01. The summed E-state index contributed by atoms with van der Waals surface area (Å²) in [6.45, 7) is 8.15. The summed E-state index contributed by atoms with van der Waals surface area (Å²) in [5.41, 5.74) is -0.556. The molecule has 1 amide bonds. The summed E-state index contributed by atoms with van der Waals surface area (Å²) < 4.78 is 0. The third-order valence-electron chi connectivity index (χ3n) is 1.78. The number of terminal acetylenes is 1. The Balaban J connectivity index is 4.18. The normalized spacial score (nSPS) is 13.2. The van der Waals surface area contributed by atoms with Crippen molar-refractivity contribution >= 4 is 5.91 Å². The van der Waals surface area contributed by atoms with Crippen molar-refractivity contribution in [3.8, 4) is 12.3 Å². The lowest BCUT2D eigenvalue weighted by Gasteiger charge is -2.25. The second kappa shape index (κ2) is 4.88. The van der Waals surface area contributed by atoms with Gasteiger partial charge in [-0.25, -0.2) is 0 Å². The van der Waals surface area contributed by atoms with Gasteiger partial charge in [0.25, 0.3) is 0 Å². The van der Waals surface area contributed by atoms with Crippen LogP contribution in [0, 0.1) is 12.3 Å². The van der Waals surface area contributed by atoms with Gasteiger partial charge >= 0.3 is 0 Å². The van der Waals surface area contributed by atoms with E-state index in [2.05, 4.69) is 16.6 Å². The molecule has 13 heavy (non-hydrogen) atoms. The zero-order valence-corrected chi connectivity index (χ0v) is 8.77. The molecule has 2 N–H and O–H groups in total. The van der Waals surface area contributed by atoms with Gasteiger partial charge in [0.1, 0.15) is 0 Å². The fourth-order valence-corrected chi connectivity index (χ4v) is 0.941. The number of carbonyl (C=O) groups is 1. The van der Waals surface area contributed by atoms with Crippen molar-refractivity contribution in [2.75, 3.05) is 6.54 Å². The van der Waals surface area contributed by atoms with E-state index in [4.69, 9.17) is 6.42 Å². The molecule has 0 aliphatic heterocycles. The van der Waals surface area contributed by atoms with Gasteiger partial charge in [-0.2, -0.15) is 0 Å². The van der Waals surface area contributed by atoms with E-state index in [0.29, 0.717) is 0 Å². The van der Waals surface area contributed by atoms with Crippen molar-refractivity contribution in [2.24, 2.45) is 0 Å². The van der Waals surface area contributed by atoms with Crippen molar-refractivity contribution in [2.45, 2.75) is 39.3 Å². The van der Waals surface area contributed by atoms with E-state index in [1.807, 2.05) is 20.8 Å². The van der Waals surface area contributed by atoms with E-state index in [0.717, 1.165) is 6.54 Å². The van der Waals surface area contributed by atoms with Crippen LogP contribution in [0.2, 0.25) is 0 Å². The molecule has 0 rings (SSSR count). The molecule has 3 heteroatoms. The molecule has 3 nitrogen and oxygen atoms in total. The summed E-state index contributed by atoms with van der Waals surface area (Å²) >= 11 is 0. The van der Waals surface area contributed by atoms with E-state index < -0.39 is 5.54 Å². The van der Waals surface area contributed by atoms with Crippen LogP contribution in [-0.2, 0) is 4.79 Å². The Labute approximate surface area is 80.3 Å². The van der Waals surface area contributed by atoms with Crippen LogP contribution in [0.3, 0.4) is 0 Å². The fraction of sp³-hybridized carbons (Fsp3) is 0.700. The van der Waals surface area contributed by atoms with E-state index in [9.17, 15) is 4.79 Å². The highest BCUT2D eigenvalue weighted by Crippen LogP contribution is 2.01. The summed E-state index contributed by atoms with van der Waals surface area (Å²) in [5, 5.41) is 5.79. The maximum atomic E-state index is 11.6. The zero-order chi connectivity index (χ0) is 10.5. The van der Waals surface area contributed by atoms with Crippen LogP contribution in [0.15, 0.2) is 0 Å². The molecule has 0 radical (unpaired) electrons. The van der Waals surface area contributed by atoms with Crippen LogP contribution in [0.4, 0.5) is 0 Å². The van der Waals surface area contributed by atoms with Gasteiger partial charge in [-0.05, 0) is 27.3 Å². The topological polar surface area (TPSA) is 41.1 Å². The lowest BCUT2D eigenvalue weighted by atomic mass is 10.0. The Morgan fingerprint density at radius 2 is 2.15 bits per heavy atom. The first kappa shape index (κ1) is 12.0. The van der Waals surface area contributed by atoms with Gasteiger partial charge in [-0.3, -0.25) is 4.79 Å². The van der Waals surface area contributed by atoms with Crippen molar-refractivity contribution in [1.82, 2.24) is 10.6 Å². The first-order valence-corrected chi connectivity index (χ1v) is 4.46. The number of amides is 1. The molecule has 1 unspecified atom stereocenters. The molecule has 0 fully saturated rings. The smallest absolute Gasteiger partial charge is 0.240 e. The van der Waals surface area contributed by atoms with Gasteiger partial charge in [0, 0.05) is 0 Å². The Bertz CT molecular complexity index is 215. The Morgan fingerprint density at radius 3 is 2.54 bits per heavy atom. The summed E-state index contributed by atoms with van der Waals surface area (Å²) in [6.07, 6.45) is 5.15. The minimum atomic E-state index is -0.556. The standard InChI is InChI=1S/C10H18N2O/c1-6-8(3)12-9(13)10(4,5)11-7-2/h1,8,11H,7H2,2-5H3,(H,12,13). The summed E-state index contributed by atoms with van der Waals surface area (Å²) in [6, 6.07) is -0.217. The van der Waals surface area contributed by atoms with E-state index >= 15 is 0 Å². The van der Waals surface area contributed by atoms with Crippen LogP contribution in [0.5, 0.6) is 0 Å².